The number of nitrogens with one attached hydrogen (secondary N) is 1. The number of hydrogen-bond donors (Lipinski definition) is 1. The number of amides is 1. The van der Waals surface area contributed by atoms with Crippen LogP contribution in [0.5, 0.6) is 0 Å². The smallest absolute Gasteiger partial charge is 0.407 e. The highest BCUT2D eigenvalue weighted by Crippen LogP contribution is 2.24. The molecular weight excluding hydrogens is 268 g/mol. The lowest BCUT2D eigenvalue weighted by Gasteiger charge is -2.22. The molecule has 1 amide bonds. The summed E-state index contributed by atoms with van der Waals surface area (Å²) in [5.74, 6) is 0. The molecule has 6 heteroatoms. The van der Waals surface area contributed by atoms with E-state index in [9.17, 15) is 4.79 Å². The van der Waals surface area contributed by atoms with Crippen LogP contribution in [0.15, 0.2) is 18.3 Å². The Kier molecular flexibility index (Phi) is 4.32. The van der Waals surface area contributed by atoms with Gasteiger partial charge in [-0.2, -0.15) is 5.26 Å². The minimum Gasteiger partial charge on any atom is -0.444 e. The van der Waals surface area contributed by atoms with Crippen LogP contribution in [0.1, 0.15) is 32.9 Å². The first kappa shape index (κ1) is 15.1. The number of rotatable bonds is 2. The second kappa shape index (κ2) is 6.00. The molecule has 1 fully saturated rings. The molecule has 1 aromatic heterocycles. The fraction of sp³-hybridized carbons (Fsp3) is 0.533. The zero-order valence-electron chi connectivity index (χ0n) is 12.6. The summed E-state index contributed by atoms with van der Waals surface area (Å²) in [5.41, 5.74) is 0.881. The summed E-state index contributed by atoms with van der Waals surface area (Å²) in [7, 11) is 0. The van der Waals surface area contributed by atoms with Gasteiger partial charge in [-0.1, -0.05) is 0 Å². The second-order valence-electron chi connectivity index (χ2n) is 6.12. The Labute approximate surface area is 124 Å². The molecule has 112 valence electrons. The van der Waals surface area contributed by atoms with Crippen molar-refractivity contribution >= 4 is 11.8 Å². The summed E-state index contributed by atoms with van der Waals surface area (Å²) >= 11 is 0. The van der Waals surface area contributed by atoms with Crippen LogP contribution in [-0.4, -0.2) is 35.8 Å². The zero-order valence-corrected chi connectivity index (χ0v) is 12.6. The molecule has 0 saturated carbocycles. The number of pyridine rings is 1. The van der Waals surface area contributed by atoms with Crippen molar-refractivity contribution in [3.05, 3.63) is 24.0 Å². The predicted molar refractivity (Wildman–Crippen MR) is 78.9 cm³/mol. The van der Waals surface area contributed by atoms with Crippen LogP contribution in [0.4, 0.5) is 10.5 Å². The molecule has 1 aliphatic rings. The number of carbonyl (C=O) groups is 1. The third-order valence-electron chi connectivity index (χ3n) is 3.13. The molecule has 0 spiro atoms. The van der Waals surface area contributed by atoms with Crippen LogP contribution in [0.2, 0.25) is 0 Å². The van der Waals surface area contributed by atoms with Crippen molar-refractivity contribution in [3.8, 4) is 6.07 Å². The van der Waals surface area contributed by atoms with E-state index in [0.29, 0.717) is 12.2 Å². The first-order valence-electron chi connectivity index (χ1n) is 6.98. The van der Waals surface area contributed by atoms with E-state index < -0.39 is 6.09 Å². The molecule has 0 radical (unpaired) electrons. The minimum atomic E-state index is -0.402. The summed E-state index contributed by atoms with van der Waals surface area (Å²) in [4.78, 5) is 17.8. The SMILES string of the molecule is CC(C)(C)NC(=O)O[C@H]1CCN(c2cccnc2C#N)C1. The van der Waals surface area contributed by atoms with Gasteiger partial charge in [0.2, 0.25) is 0 Å². The largest absolute Gasteiger partial charge is 0.444 e. The number of alkyl carbamates (subject to hydrolysis) is 1. The van der Waals surface area contributed by atoms with E-state index in [1.807, 2.05) is 31.7 Å². The Morgan fingerprint density at radius 3 is 3.00 bits per heavy atom. The number of ether oxygens (including phenoxy) is 1. The average Bonchev–Trinajstić information content (AvgIpc) is 2.84. The number of hydrogen-bond acceptors (Lipinski definition) is 5. The summed E-state index contributed by atoms with van der Waals surface area (Å²) < 4.78 is 5.42. The number of carbonyl (C=O) groups excluding carboxylic acids is 1. The van der Waals surface area contributed by atoms with Gasteiger partial charge in [-0.15, -0.1) is 0 Å². The van der Waals surface area contributed by atoms with Gasteiger partial charge in [0.25, 0.3) is 0 Å². The third-order valence-corrected chi connectivity index (χ3v) is 3.13. The Bertz CT molecular complexity index is 560. The minimum absolute atomic E-state index is 0.168. The molecule has 1 atom stereocenters. The number of nitriles is 1. The van der Waals surface area contributed by atoms with Gasteiger partial charge >= 0.3 is 6.09 Å². The first-order valence-corrected chi connectivity index (χ1v) is 6.98. The van der Waals surface area contributed by atoms with E-state index in [4.69, 9.17) is 10.00 Å². The number of anilines is 1. The number of aromatic nitrogens is 1. The van der Waals surface area contributed by atoms with Crippen molar-refractivity contribution < 1.29 is 9.53 Å². The Balaban J connectivity index is 1.95. The van der Waals surface area contributed by atoms with Gasteiger partial charge in [-0.25, -0.2) is 9.78 Å². The molecule has 0 aromatic carbocycles. The van der Waals surface area contributed by atoms with Crippen molar-refractivity contribution in [1.29, 1.82) is 5.26 Å². The highest BCUT2D eigenvalue weighted by molar-refractivity contribution is 5.68. The molecular formula is C15H20N4O2. The van der Waals surface area contributed by atoms with Gasteiger partial charge in [-0.05, 0) is 32.9 Å². The molecule has 0 aliphatic carbocycles. The van der Waals surface area contributed by atoms with Crippen molar-refractivity contribution in [2.75, 3.05) is 18.0 Å². The lowest BCUT2D eigenvalue weighted by atomic mass is 10.1. The quantitative estimate of drug-likeness (QED) is 0.901. The average molecular weight is 288 g/mol. The van der Waals surface area contributed by atoms with Crippen molar-refractivity contribution in [3.63, 3.8) is 0 Å². The Hall–Kier alpha value is -2.29. The fourth-order valence-electron chi connectivity index (χ4n) is 2.27. The molecule has 0 bridgehead atoms. The van der Waals surface area contributed by atoms with E-state index in [0.717, 1.165) is 18.7 Å². The molecule has 2 heterocycles. The van der Waals surface area contributed by atoms with Gasteiger partial charge in [0.05, 0.1) is 12.2 Å². The number of nitrogens with zero attached hydrogens (tertiary/aromatic N) is 3. The van der Waals surface area contributed by atoms with Gasteiger partial charge in [0.15, 0.2) is 5.69 Å². The van der Waals surface area contributed by atoms with Crippen LogP contribution in [-0.2, 0) is 4.74 Å². The van der Waals surface area contributed by atoms with Crippen LogP contribution in [0, 0.1) is 11.3 Å². The molecule has 1 aromatic rings. The molecule has 1 N–H and O–H groups in total. The lowest BCUT2D eigenvalue weighted by Crippen LogP contribution is -2.42. The van der Waals surface area contributed by atoms with E-state index in [1.165, 1.54) is 0 Å². The fourth-order valence-corrected chi connectivity index (χ4v) is 2.27. The van der Waals surface area contributed by atoms with Crippen molar-refractivity contribution in [2.45, 2.75) is 38.8 Å². The Morgan fingerprint density at radius 1 is 1.57 bits per heavy atom. The Morgan fingerprint density at radius 2 is 2.33 bits per heavy atom. The summed E-state index contributed by atoms with van der Waals surface area (Å²) in [6.45, 7) is 7.05. The topological polar surface area (TPSA) is 78.2 Å². The van der Waals surface area contributed by atoms with Gasteiger partial charge < -0.3 is 15.0 Å². The maximum atomic E-state index is 11.8. The maximum absolute atomic E-state index is 11.8. The standard InChI is InChI=1S/C15H20N4O2/c1-15(2,3)18-14(20)21-11-6-8-19(10-11)13-5-4-7-17-12(13)9-16/h4-5,7,11H,6,8,10H2,1-3H3,(H,18,20)/t11-/m0/s1. The summed E-state index contributed by atoms with van der Waals surface area (Å²) in [6, 6.07) is 5.75. The zero-order chi connectivity index (χ0) is 15.5. The van der Waals surface area contributed by atoms with Crippen LogP contribution >= 0.6 is 0 Å². The molecule has 2 rings (SSSR count). The van der Waals surface area contributed by atoms with E-state index in [-0.39, 0.29) is 11.6 Å². The first-order chi connectivity index (χ1) is 9.89. The molecule has 1 aliphatic heterocycles. The third kappa shape index (κ3) is 4.09. The van der Waals surface area contributed by atoms with Crippen LogP contribution in [0.25, 0.3) is 0 Å². The molecule has 21 heavy (non-hydrogen) atoms. The van der Waals surface area contributed by atoms with E-state index in [2.05, 4.69) is 16.4 Å². The highest BCUT2D eigenvalue weighted by Gasteiger charge is 2.28. The van der Waals surface area contributed by atoms with Crippen LogP contribution in [0.3, 0.4) is 0 Å². The second-order valence-corrected chi connectivity index (χ2v) is 6.12. The monoisotopic (exact) mass is 288 g/mol. The van der Waals surface area contributed by atoms with E-state index >= 15 is 0 Å². The predicted octanol–water partition coefficient (Wildman–Crippen LogP) is 2.06. The normalized spacial score (nSPS) is 18.2. The van der Waals surface area contributed by atoms with Gasteiger partial charge in [0, 0.05) is 24.7 Å². The highest BCUT2D eigenvalue weighted by atomic mass is 16.6. The van der Waals surface area contributed by atoms with Crippen LogP contribution < -0.4 is 10.2 Å². The van der Waals surface area contributed by atoms with Gasteiger partial charge in [0.1, 0.15) is 12.2 Å². The molecule has 6 nitrogen and oxygen atoms in total. The molecule has 1 saturated heterocycles. The summed E-state index contributed by atoms with van der Waals surface area (Å²) in [5, 5.41) is 11.9. The van der Waals surface area contributed by atoms with Gasteiger partial charge in [-0.3, -0.25) is 0 Å². The molecule has 0 unspecified atom stereocenters. The van der Waals surface area contributed by atoms with Crippen molar-refractivity contribution in [1.82, 2.24) is 10.3 Å². The lowest BCUT2D eigenvalue weighted by molar-refractivity contribution is 0.101. The maximum Gasteiger partial charge on any atom is 0.407 e. The van der Waals surface area contributed by atoms with Crippen molar-refractivity contribution in [2.24, 2.45) is 0 Å². The van der Waals surface area contributed by atoms with E-state index in [1.54, 1.807) is 12.3 Å². The summed E-state index contributed by atoms with van der Waals surface area (Å²) in [6.07, 6.45) is 1.78.